The van der Waals surface area contributed by atoms with Crippen LogP contribution in [0.3, 0.4) is 0 Å². The lowest BCUT2D eigenvalue weighted by molar-refractivity contribution is -0.139. The molecule has 2 aliphatic rings. The van der Waals surface area contributed by atoms with E-state index < -0.39 is 12.0 Å². The highest BCUT2D eigenvalue weighted by atomic mass is 16.5. The van der Waals surface area contributed by atoms with Gasteiger partial charge < -0.3 is 20.1 Å². The van der Waals surface area contributed by atoms with Crippen molar-refractivity contribution in [1.29, 1.82) is 0 Å². The van der Waals surface area contributed by atoms with E-state index in [0.29, 0.717) is 28.5 Å². The quantitative estimate of drug-likeness (QED) is 0.399. The number of benzene rings is 1. The number of amides is 2. The molecule has 9 nitrogen and oxygen atoms in total. The van der Waals surface area contributed by atoms with E-state index in [9.17, 15) is 9.59 Å². The number of carbonyl (C=O) groups is 2. The number of hydrogen-bond acceptors (Lipinski definition) is 6. The van der Waals surface area contributed by atoms with Crippen LogP contribution in [-0.2, 0) is 22.7 Å². The van der Waals surface area contributed by atoms with E-state index in [-0.39, 0.29) is 19.2 Å². The highest BCUT2D eigenvalue weighted by Crippen LogP contribution is 2.30. The molecule has 2 heterocycles. The van der Waals surface area contributed by atoms with Crippen LogP contribution in [0, 0.1) is 5.92 Å². The molecule has 0 fully saturated rings. The number of allylic oxidation sites excluding steroid dienone is 4. The second-order valence-electron chi connectivity index (χ2n) is 9.24. The molecule has 2 N–H and O–H groups in total. The van der Waals surface area contributed by atoms with Crippen molar-refractivity contribution < 1.29 is 19.1 Å². The first-order valence-corrected chi connectivity index (χ1v) is 12.2. The van der Waals surface area contributed by atoms with E-state index in [1.54, 1.807) is 19.9 Å². The summed E-state index contributed by atoms with van der Waals surface area (Å²) in [6.07, 6.45) is 7.41. The van der Waals surface area contributed by atoms with Crippen LogP contribution >= 0.6 is 0 Å². The molecule has 0 bridgehead atoms. The van der Waals surface area contributed by atoms with Crippen LogP contribution in [0.2, 0.25) is 0 Å². The van der Waals surface area contributed by atoms with Crippen molar-refractivity contribution in [2.75, 3.05) is 6.61 Å². The molecule has 36 heavy (non-hydrogen) atoms. The SMILES string of the molecule is C=C(C)[C@@H]1CC=C(Cn2cc(COc3cccc(C4NC(=O)NC(C)=C4C(=O)OCC)c3)nn2)CC1. The first-order chi connectivity index (χ1) is 17.3. The monoisotopic (exact) mass is 491 g/mol. The predicted molar refractivity (Wildman–Crippen MR) is 135 cm³/mol. The summed E-state index contributed by atoms with van der Waals surface area (Å²) in [5, 5.41) is 13.9. The van der Waals surface area contributed by atoms with Gasteiger partial charge in [-0.05, 0) is 63.6 Å². The van der Waals surface area contributed by atoms with Crippen molar-refractivity contribution in [3.05, 3.63) is 76.8 Å². The molecule has 4 rings (SSSR count). The Morgan fingerprint density at radius 1 is 1.33 bits per heavy atom. The van der Waals surface area contributed by atoms with Crippen LogP contribution in [0.15, 0.2) is 65.5 Å². The number of ether oxygens (including phenoxy) is 2. The average molecular weight is 492 g/mol. The molecule has 0 spiro atoms. The van der Waals surface area contributed by atoms with Crippen LogP contribution in [0.4, 0.5) is 4.79 Å². The normalized spacial score (nSPS) is 19.8. The molecule has 190 valence electrons. The van der Waals surface area contributed by atoms with Gasteiger partial charge in [-0.2, -0.15) is 0 Å². The second kappa shape index (κ2) is 11.2. The summed E-state index contributed by atoms with van der Waals surface area (Å²) in [6, 6.07) is 6.26. The number of rotatable bonds is 9. The van der Waals surface area contributed by atoms with Crippen LogP contribution in [0.1, 0.15) is 57.3 Å². The maximum absolute atomic E-state index is 12.6. The lowest BCUT2D eigenvalue weighted by Crippen LogP contribution is -2.45. The largest absolute Gasteiger partial charge is 0.487 e. The molecule has 1 aromatic heterocycles. The zero-order chi connectivity index (χ0) is 25.7. The van der Waals surface area contributed by atoms with Gasteiger partial charge in [0.2, 0.25) is 0 Å². The maximum Gasteiger partial charge on any atom is 0.338 e. The third kappa shape index (κ3) is 6.02. The molecule has 1 aliphatic carbocycles. The van der Waals surface area contributed by atoms with Crippen LogP contribution in [0.5, 0.6) is 5.75 Å². The maximum atomic E-state index is 12.6. The minimum absolute atomic E-state index is 0.242. The molecule has 1 aliphatic heterocycles. The van der Waals surface area contributed by atoms with Crippen molar-refractivity contribution in [2.45, 2.75) is 59.2 Å². The predicted octanol–water partition coefficient (Wildman–Crippen LogP) is 4.35. The third-order valence-corrected chi connectivity index (χ3v) is 6.50. The smallest absolute Gasteiger partial charge is 0.338 e. The number of carbonyl (C=O) groups excluding carboxylic acids is 2. The summed E-state index contributed by atoms with van der Waals surface area (Å²) < 4.78 is 13.0. The van der Waals surface area contributed by atoms with Crippen molar-refractivity contribution >= 4 is 12.0 Å². The Kier molecular flexibility index (Phi) is 7.87. The number of esters is 1. The van der Waals surface area contributed by atoms with Gasteiger partial charge in [0, 0.05) is 5.70 Å². The first-order valence-electron chi connectivity index (χ1n) is 12.2. The highest BCUT2D eigenvalue weighted by molar-refractivity contribution is 5.95. The molecule has 2 atom stereocenters. The summed E-state index contributed by atoms with van der Waals surface area (Å²) in [6.45, 7) is 10.8. The first kappa shape index (κ1) is 25.2. The second-order valence-corrected chi connectivity index (χ2v) is 9.24. The number of nitrogens with one attached hydrogen (secondary N) is 2. The Morgan fingerprint density at radius 2 is 2.17 bits per heavy atom. The summed E-state index contributed by atoms with van der Waals surface area (Å²) >= 11 is 0. The number of aromatic nitrogens is 3. The van der Waals surface area contributed by atoms with E-state index in [0.717, 1.165) is 31.5 Å². The van der Waals surface area contributed by atoms with Gasteiger partial charge in [-0.15, -0.1) is 5.10 Å². The lowest BCUT2D eigenvalue weighted by atomic mass is 9.85. The van der Waals surface area contributed by atoms with Gasteiger partial charge in [-0.3, -0.25) is 0 Å². The van der Waals surface area contributed by atoms with E-state index in [1.165, 1.54) is 11.1 Å². The molecule has 9 heteroatoms. The summed E-state index contributed by atoms with van der Waals surface area (Å²) in [5.41, 5.74) is 4.87. The zero-order valence-corrected chi connectivity index (χ0v) is 21.0. The van der Waals surface area contributed by atoms with Gasteiger partial charge >= 0.3 is 12.0 Å². The van der Waals surface area contributed by atoms with Gasteiger partial charge in [-0.1, -0.05) is 41.1 Å². The van der Waals surface area contributed by atoms with E-state index >= 15 is 0 Å². The summed E-state index contributed by atoms with van der Waals surface area (Å²) in [5.74, 6) is 0.699. The standard InChI is InChI=1S/C27H33N5O4/c1-5-35-26(33)24-18(4)28-27(34)29-25(24)21-7-6-8-23(13-21)36-16-22-15-32(31-30-22)14-19-9-11-20(12-10-19)17(2)3/h6-9,13,15,20,25H,2,5,10-12,14,16H2,1,3-4H3,(H2,28,29,34)/t20-,25?/m1/s1. The fraction of sp³-hybridized carbons (Fsp3) is 0.407. The van der Waals surface area contributed by atoms with Crippen molar-refractivity contribution in [1.82, 2.24) is 25.6 Å². The van der Waals surface area contributed by atoms with Crippen molar-refractivity contribution in [2.24, 2.45) is 5.92 Å². The topological polar surface area (TPSA) is 107 Å². The molecule has 2 aromatic rings. The Morgan fingerprint density at radius 3 is 2.89 bits per heavy atom. The molecule has 1 unspecified atom stereocenters. The van der Waals surface area contributed by atoms with Crippen LogP contribution < -0.4 is 15.4 Å². The van der Waals surface area contributed by atoms with E-state index in [1.807, 2.05) is 29.1 Å². The Bertz CT molecular complexity index is 1210. The van der Waals surface area contributed by atoms with Crippen LogP contribution in [0.25, 0.3) is 0 Å². The lowest BCUT2D eigenvalue weighted by Gasteiger charge is -2.28. The van der Waals surface area contributed by atoms with Gasteiger partial charge in [0.25, 0.3) is 0 Å². The number of urea groups is 1. The molecular weight excluding hydrogens is 458 g/mol. The van der Waals surface area contributed by atoms with Crippen LogP contribution in [-0.4, -0.2) is 33.6 Å². The fourth-order valence-electron chi connectivity index (χ4n) is 4.53. The Balaban J connectivity index is 1.40. The molecule has 1 aromatic carbocycles. The number of hydrogen-bond donors (Lipinski definition) is 2. The van der Waals surface area contributed by atoms with E-state index in [4.69, 9.17) is 9.47 Å². The minimum atomic E-state index is -0.643. The highest BCUT2D eigenvalue weighted by Gasteiger charge is 2.32. The van der Waals surface area contributed by atoms with E-state index in [2.05, 4.69) is 40.5 Å². The van der Waals surface area contributed by atoms with Gasteiger partial charge in [-0.25, -0.2) is 14.3 Å². The number of nitrogens with zero attached hydrogens (tertiary/aromatic N) is 3. The third-order valence-electron chi connectivity index (χ3n) is 6.50. The van der Waals surface area contributed by atoms with Gasteiger partial charge in [0.15, 0.2) is 0 Å². The zero-order valence-electron chi connectivity index (χ0n) is 21.0. The summed E-state index contributed by atoms with van der Waals surface area (Å²) in [7, 11) is 0. The summed E-state index contributed by atoms with van der Waals surface area (Å²) in [4.78, 5) is 24.7. The van der Waals surface area contributed by atoms with Crippen molar-refractivity contribution in [3.8, 4) is 5.75 Å². The molecule has 0 saturated heterocycles. The van der Waals surface area contributed by atoms with Crippen molar-refractivity contribution in [3.63, 3.8) is 0 Å². The Hall–Kier alpha value is -3.88. The van der Waals surface area contributed by atoms with Gasteiger partial charge in [0.1, 0.15) is 18.1 Å². The molecular formula is C27H33N5O4. The molecule has 0 radical (unpaired) electrons. The average Bonchev–Trinajstić information content (AvgIpc) is 3.30. The molecule has 0 saturated carbocycles. The Labute approximate surface area is 211 Å². The fourth-order valence-corrected chi connectivity index (χ4v) is 4.53. The van der Waals surface area contributed by atoms with Gasteiger partial charge in [0.05, 0.1) is 31.0 Å². The molecule has 2 amide bonds. The minimum Gasteiger partial charge on any atom is -0.487 e.